The van der Waals surface area contributed by atoms with Crippen molar-refractivity contribution in [1.29, 1.82) is 0 Å². The lowest BCUT2D eigenvalue weighted by Gasteiger charge is -2.58. The summed E-state index contributed by atoms with van der Waals surface area (Å²) in [4.78, 5) is 14.0. The van der Waals surface area contributed by atoms with Gasteiger partial charge in [-0.15, -0.1) is 0 Å². The number of ether oxygens (including phenoxy) is 1. The van der Waals surface area contributed by atoms with E-state index in [4.69, 9.17) is 4.74 Å². The molecule has 4 nitrogen and oxygen atoms in total. The monoisotopic (exact) mass is 258 g/mol. The zero-order valence-electron chi connectivity index (χ0n) is 11.1. The molecule has 4 rings (SSSR count). The third kappa shape index (κ3) is 1.32. The maximum absolute atomic E-state index is 12.2. The molecule has 3 unspecified atom stereocenters. The molecule has 1 saturated heterocycles. The molecule has 0 radical (unpaired) electrons. The molecule has 4 heteroatoms. The van der Waals surface area contributed by atoms with Crippen molar-refractivity contribution < 1.29 is 9.53 Å². The SMILES string of the molecule is CN1C(=O)NC2c3ccccc3OC13CCCCC23. The van der Waals surface area contributed by atoms with Gasteiger partial charge in [0.2, 0.25) is 0 Å². The molecule has 1 aromatic carbocycles. The molecule has 0 aromatic heterocycles. The van der Waals surface area contributed by atoms with Crippen LogP contribution < -0.4 is 10.1 Å². The second-order valence-corrected chi connectivity index (χ2v) is 5.82. The van der Waals surface area contributed by atoms with Crippen LogP contribution in [0, 0.1) is 5.92 Å². The highest BCUT2D eigenvalue weighted by Gasteiger charge is 2.58. The van der Waals surface area contributed by atoms with E-state index in [1.807, 2.05) is 25.2 Å². The van der Waals surface area contributed by atoms with Crippen LogP contribution in [0.3, 0.4) is 0 Å². The third-order valence-corrected chi connectivity index (χ3v) is 4.97. The smallest absolute Gasteiger partial charge is 0.320 e. The van der Waals surface area contributed by atoms with Gasteiger partial charge in [-0.1, -0.05) is 24.6 Å². The highest BCUT2D eigenvalue weighted by molar-refractivity contribution is 5.77. The molecule has 0 spiro atoms. The van der Waals surface area contributed by atoms with Gasteiger partial charge in [-0.2, -0.15) is 0 Å². The van der Waals surface area contributed by atoms with Crippen LogP contribution in [0.2, 0.25) is 0 Å². The van der Waals surface area contributed by atoms with E-state index in [0.29, 0.717) is 5.92 Å². The molecule has 2 bridgehead atoms. The van der Waals surface area contributed by atoms with Crippen molar-refractivity contribution in [1.82, 2.24) is 10.2 Å². The van der Waals surface area contributed by atoms with Crippen molar-refractivity contribution in [3.05, 3.63) is 29.8 Å². The number of carbonyl (C=O) groups is 1. The Morgan fingerprint density at radius 3 is 3.11 bits per heavy atom. The van der Waals surface area contributed by atoms with E-state index >= 15 is 0 Å². The summed E-state index contributed by atoms with van der Waals surface area (Å²) in [5.74, 6) is 1.29. The van der Waals surface area contributed by atoms with Crippen LogP contribution in [-0.2, 0) is 0 Å². The van der Waals surface area contributed by atoms with Crippen molar-refractivity contribution in [2.24, 2.45) is 5.92 Å². The number of amides is 2. The Hall–Kier alpha value is -1.71. The molecule has 3 atom stereocenters. The Morgan fingerprint density at radius 1 is 1.37 bits per heavy atom. The highest BCUT2D eigenvalue weighted by atomic mass is 16.5. The molecular formula is C15H18N2O2. The quantitative estimate of drug-likeness (QED) is 0.777. The molecule has 1 saturated carbocycles. The van der Waals surface area contributed by atoms with Crippen LogP contribution in [0.25, 0.3) is 0 Å². The predicted octanol–water partition coefficient (Wildman–Crippen LogP) is 2.66. The number of hydrogen-bond donors (Lipinski definition) is 1. The van der Waals surface area contributed by atoms with Gasteiger partial charge in [0.25, 0.3) is 0 Å². The number of fused-ring (bicyclic) bond motifs is 2. The number of nitrogens with zero attached hydrogens (tertiary/aromatic N) is 1. The van der Waals surface area contributed by atoms with Gasteiger partial charge in [-0.3, -0.25) is 4.90 Å². The van der Waals surface area contributed by atoms with Gasteiger partial charge in [0.15, 0.2) is 5.72 Å². The number of carbonyl (C=O) groups excluding carboxylic acids is 1. The van der Waals surface area contributed by atoms with Crippen LogP contribution in [0.1, 0.15) is 37.3 Å². The summed E-state index contributed by atoms with van der Waals surface area (Å²) >= 11 is 0. The minimum absolute atomic E-state index is 0.0161. The van der Waals surface area contributed by atoms with Crippen molar-refractivity contribution in [2.75, 3.05) is 7.05 Å². The lowest BCUT2D eigenvalue weighted by atomic mass is 9.71. The summed E-state index contributed by atoms with van der Waals surface area (Å²) in [5, 5.41) is 3.15. The fourth-order valence-electron chi connectivity index (χ4n) is 4.01. The van der Waals surface area contributed by atoms with Crippen LogP contribution in [0.5, 0.6) is 5.75 Å². The first-order valence-corrected chi connectivity index (χ1v) is 7.05. The lowest BCUT2D eigenvalue weighted by Crippen LogP contribution is -2.70. The topological polar surface area (TPSA) is 41.6 Å². The summed E-state index contributed by atoms with van der Waals surface area (Å²) in [5.41, 5.74) is 0.700. The molecular weight excluding hydrogens is 240 g/mol. The van der Waals surface area contributed by atoms with Crippen LogP contribution in [-0.4, -0.2) is 23.7 Å². The molecule has 2 heterocycles. The molecule has 19 heavy (non-hydrogen) atoms. The van der Waals surface area contributed by atoms with Crippen molar-refractivity contribution in [3.63, 3.8) is 0 Å². The Morgan fingerprint density at radius 2 is 2.21 bits per heavy atom. The molecule has 3 aliphatic rings. The fraction of sp³-hybridized carbons (Fsp3) is 0.533. The minimum Gasteiger partial charge on any atom is -0.467 e. The number of para-hydroxylation sites is 1. The van der Waals surface area contributed by atoms with Crippen molar-refractivity contribution in [2.45, 2.75) is 37.5 Å². The second kappa shape index (κ2) is 3.65. The molecule has 100 valence electrons. The standard InChI is InChI=1S/C15H18N2O2/c1-17-14(18)16-13-10-6-2-3-8-12(10)19-15(17)9-5-4-7-11(13)15/h2-3,6,8,11,13H,4-5,7,9H2,1H3,(H,16,18). The molecule has 1 aromatic rings. The molecule has 2 fully saturated rings. The molecule has 1 aliphatic carbocycles. The fourth-order valence-corrected chi connectivity index (χ4v) is 4.01. The average Bonchev–Trinajstić information content (AvgIpc) is 2.44. The predicted molar refractivity (Wildman–Crippen MR) is 70.8 cm³/mol. The number of rotatable bonds is 0. The number of nitrogens with one attached hydrogen (secondary N) is 1. The zero-order valence-corrected chi connectivity index (χ0v) is 11.1. The number of benzene rings is 1. The van der Waals surface area contributed by atoms with E-state index in [-0.39, 0.29) is 12.1 Å². The summed E-state index contributed by atoms with van der Waals surface area (Å²) in [6.45, 7) is 0. The third-order valence-electron chi connectivity index (χ3n) is 4.97. The summed E-state index contributed by atoms with van der Waals surface area (Å²) in [7, 11) is 1.86. The summed E-state index contributed by atoms with van der Waals surface area (Å²) in [6, 6.07) is 8.19. The van der Waals surface area contributed by atoms with Gasteiger partial charge in [-0.05, 0) is 18.9 Å². The first-order chi connectivity index (χ1) is 9.22. The maximum Gasteiger partial charge on any atom is 0.320 e. The molecule has 2 amide bonds. The van der Waals surface area contributed by atoms with E-state index in [0.717, 1.165) is 30.6 Å². The molecule has 1 N–H and O–H groups in total. The Bertz CT molecular complexity index is 545. The van der Waals surface area contributed by atoms with Crippen LogP contribution in [0.15, 0.2) is 24.3 Å². The molecule has 2 aliphatic heterocycles. The highest BCUT2D eigenvalue weighted by Crippen LogP contribution is 2.53. The summed E-state index contributed by atoms with van der Waals surface area (Å²) in [6.07, 6.45) is 4.40. The van der Waals surface area contributed by atoms with Gasteiger partial charge >= 0.3 is 6.03 Å². The lowest BCUT2D eigenvalue weighted by molar-refractivity contribution is -0.153. The van der Waals surface area contributed by atoms with E-state index in [2.05, 4.69) is 11.4 Å². The normalized spacial score (nSPS) is 35.8. The number of urea groups is 1. The van der Waals surface area contributed by atoms with Crippen LogP contribution >= 0.6 is 0 Å². The van der Waals surface area contributed by atoms with Gasteiger partial charge in [0, 0.05) is 24.9 Å². The maximum atomic E-state index is 12.2. The Balaban J connectivity index is 1.90. The largest absolute Gasteiger partial charge is 0.467 e. The van der Waals surface area contributed by atoms with Crippen LogP contribution in [0.4, 0.5) is 4.79 Å². The van der Waals surface area contributed by atoms with Gasteiger partial charge in [0.1, 0.15) is 5.75 Å². The summed E-state index contributed by atoms with van der Waals surface area (Å²) < 4.78 is 6.34. The zero-order chi connectivity index (χ0) is 13.0. The Kier molecular flexibility index (Phi) is 2.14. The van der Waals surface area contributed by atoms with Gasteiger partial charge in [-0.25, -0.2) is 4.79 Å². The van der Waals surface area contributed by atoms with E-state index in [9.17, 15) is 4.79 Å². The van der Waals surface area contributed by atoms with Gasteiger partial charge in [0.05, 0.1) is 6.04 Å². The van der Waals surface area contributed by atoms with E-state index in [1.54, 1.807) is 4.90 Å². The second-order valence-electron chi connectivity index (χ2n) is 5.82. The minimum atomic E-state index is -0.431. The number of hydrogen-bond acceptors (Lipinski definition) is 2. The van der Waals surface area contributed by atoms with E-state index < -0.39 is 5.72 Å². The first-order valence-electron chi connectivity index (χ1n) is 7.05. The Labute approximate surface area is 112 Å². The van der Waals surface area contributed by atoms with Crippen molar-refractivity contribution >= 4 is 6.03 Å². The van der Waals surface area contributed by atoms with Gasteiger partial charge < -0.3 is 10.1 Å². The van der Waals surface area contributed by atoms with Crippen molar-refractivity contribution in [3.8, 4) is 5.75 Å². The average molecular weight is 258 g/mol. The van der Waals surface area contributed by atoms with E-state index in [1.165, 1.54) is 6.42 Å². The first kappa shape index (κ1) is 11.1.